The molecule has 0 aliphatic carbocycles. The van der Waals surface area contributed by atoms with Crippen molar-refractivity contribution in [3.63, 3.8) is 0 Å². The summed E-state index contributed by atoms with van der Waals surface area (Å²) in [7, 11) is 0. The van der Waals surface area contributed by atoms with Gasteiger partial charge in [0.2, 0.25) is 0 Å². The van der Waals surface area contributed by atoms with Crippen LogP contribution in [0.2, 0.25) is 0 Å². The number of aromatic nitrogens is 2. The molecule has 1 aliphatic heterocycles. The summed E-state index contributed by atoms with van der Waals surface area (Å²) >= 11 is 1.41. The second-order valence-corrected chi connectivity index (χ2v) is 7.74. The summed E-state index contributed by atoms with van der Waals surface area (Å²) in [6, 6.07) is 13.5. The van der Waals surface area contributed by atoms with Gasteiger partial charge in [-0.1, -0.05) is 18.2 Å². The zero-order valence-corrected chi connectivity index (χ0v) is 16.6. The first-order valence-electron chi connectivity index (χ1n) is 9.28. The van der Waals surface area contributed by atoms with Crippen molar-refractivity contribution >= 4 is 28.6 Å². The van der Waals surface area contributed by atoms with Crippen molar-refractivity contribution in [3.8, 4) is 10.7 Å². The van der Waals surface area contributed by atoms with Crippen molar-refractivity contribution in [2.75, 3.05) is 23.3 Å². The smallest absolute Gasteiger partial charge is 0.275 e. The lowest BCUT2D eigenvalue weighted by Gasteiger charge is -2.37. The molecule has 0 saturated carbocycles. The van der Waals surface area contributed by atoms with Crippen LogP contribution in [0.25, 0.3) is 10.7 Å². The van der Waals surface area contributed by atoms with Crippen LogP contribution in [0.1, 0.15) is 24.3 Å². The van der Waals surface area contributed by atoms with Gasteiger partial charge >= 0.3 is 0 Å². The lowest BCUT2D eigenvalue weighted by atomic mass is 10.1. The normalized spacial score (nSPS) is 19.4. The van der Waals surface area contributed by atoms with E-state index < -0.39 is 0 Å². The third-order valence-electron chi connectivity index (χ3n) is 4.53. The van der Waals surface area contributed by atoms with Gasteiger partial charge in [-0.3, -0.25) is 9.78 Å². The number of thiazole rings is 1. The predicted molar refractivity (Wildman–Crippen MR) is 112 cm³/mol. The highest BCUT2D eigenvalue weighted by atomic mass is 32.1. The highest BCUT2D eigenvalue weighted by molar-refractivity contribution is 7.13. The SMILES string of the molecule is C[C@@H]1CN(c2ccccc2NC(=O)c2csc(-c3ccccn3)n2)C[C@H](C)O1. The van der Waals surface area contributed by atoms with Crippen LogP contribution in [0.15, 0.2) is 54.0 Å². The second-order valence-electron chi connectivity index (χ2n) is 6.89. The van der Waals surface area contributed by atoms with E-state index in [1.54, 1.807) is 11.6 Å². The molecule has 1 N–H and O–H groups in total. The Morgan fingerprint density at radius 1 is 1.14 bits per heavy atom. The summed E-state index contributed by atoms with van der Waals surface area (Å²) in [6.45, 7) is 5.71. The van der Waals surface area contributed by atoms with E-state index in [0.717, 1.165) is 35.2 Å². The van der Waals surface area contributed by atoms with E-state index in [0.29, 0.717) is 5.69 Å². The summed E-state index contributed by atoms with van der Waals surface area (Å²) in [5.74, 6) is -0.222. The molecule has 4 rings (SSSR count). The number of carbonyl (C=O) groups is 1. The van der Waals surface area contributed by atoms with E-state index >= 15 is 0 Å². The number of rotatable bonds is 4. The number of nitrogens with zero attached hydrogens (tertiary/aromatic N) is 3. The minimum absolute atomic E-state index is 0.145. The molecule has 1 aliphatic rings. The second kappa shape index (κ2) is 8.08. The van der Waals surface area contributed by atoms with Gasteiger partial charge in [0, 0.05) is 24.7 Å². The summed E-state index contributed by atoms with van der Waals surface area (Å²) < 4.78 is 5.83. The summed E-state index contributed by atoms with van der Waals surface area (Å²) in [4.78, 5) is 23.8. The molecule has 6 nitrogen and oxygen atoms in total. The number of amides is 1. The van der Waals surface area contributed by atoms with Crippen molar-refractivity contribution in [1.29, 1.82) is 0 Å². The zero-order chi connectivity index (χ0) is 19.5. The van der Waals surface area contributed by atoms with Crippen LogP contribution in [0, 0.1) is 0 Å². The van der Waals surface area contributed by atoms with Gasteiger partial charge in [0.1, 0.15) is 10.7 Å². The fraction of sp³-hybridized carbons (Fsp3) is 0.286. The van der Waals surface area contributed by atoms with Crippen LogP contribution in [-0.2, 0) is 4.74 Å². The van der Waals surface area contributed by atoms with Gasteiger partial charge in [-0.15, -0.1) is 11.3 Å². The van der Waals surface area contributed by atoms with E-state index in [2.05, 4.69) is 34.0 Å². The minimum atomic E-state index is -0.222. The van der Waals surface area contributed by atoms with Gasteiger partial charge in [0.15, 0.2) is 0 Å². The molecule has 144 valence electrons. The van der Waals surface area contributed by atoms with Gasteiger partial charge in [-0.25, -0.2) is 4.98 Å². The highest BCUT2D eigenvalue weighted by Gasteiger charge is 2.24. The van der Waals surface area contributed by atoms with Crippen molar-refractivity contribution < 1.29 is 9.53 Å². The average molecular weight is 395 g/mol. The van der Waals surface area contributed by atoms with Crippen molar-refractivity contribution in [1.82, 2.24) is 9.97 Å². The molecule has 2 atom stereocenters. The number of hydrogen-bond donors (Lipinski definition) is 1. The lowest BCUT2D eigenvalue weighted by molar-refractivity contribution is -0.00517. The fourth-order valence-corrected chi connectivity index (χ4v) is 4.18. The van der Waals surface area contributed by atoms with Crippen molar-refractivity contribution in [3.05, 3.63) is 59.7 Å². The topological polar surface area (TPSA) is 67.4 Å². The third-order valence-corrected chi connectivity index (χ3v) is 5.40. The minimum Gasteiger partial charge on any atom is -0.372 e. The quantitative estimate of drug-likeness (QED) is 0.722. The Balaban J connectivity index is 1.53. The first kappa shape index (κ1) is 18.6. The Morgan fingerprint density at radius 2 is 1.89 bits per heavy atom. The lowest BCUT2D eigenvalue weighted by Crippen LogP contribution is -2.45. The van der Waals surface area contributed by atoms with E-state index in [1.165, 1.54) is 11.3 Å². The number of pyridine rings is 1. The van der Waals surface area contributed by atoms with E-state index in [4.69, 9.17) is 4.74 Å². The van der Waals surface area contributed by atoms with Gasteiger partial charge < -0.3 is 15.0 Å². The molecule has 28 heavy (non-hydrogen) atoms. The first-order chi connectivity index (χ1) is 13.6. The predicted octanol–water partition coefficient (Wildman–Crippen LogP) is 4.07. The number of ether oxygens (including phenoxy) is 1. The molecule has 1 amide bonds. The molecule has 3 aromatic rings. The molecule has 0 spiro atoms. The molecule has 0 unspecified atom stereocenters. The van der Waals surface area contributed by atoms with Crippen LogP contribution >= 0.6 is 11.3 Å². The van der Waals surface area contributed by atoms with E-state index in [-0.39, 0.29) is 18.1 Å². The van der Waals surface area contributed by atoms with Crippen molar-refractivity contribution in [2.24, 2.45) is 0 Å². The van der Waals surface area contributed by atoms with Crippen LogP contribution in [-0.4, -0.2) is 41.2 Å². The Kier molecular flexibility index (Phi) is 5.36. The van der Waals surface area contributed by atoms with Crippen LogP contribution in [0.5, 0.6) is 0 Å². The zero-order valence-electron chi connectivity index (χ0n) is 15.8. The van der Waals surface area contributed by atoms with Crippen molar-refractivity contribution in [2.45, 2.75) is 26.1 Å². The van der Waals surface area contributed by atoms with Crippen LogP contribution in [0.4, 0.5) is 11.4 Å². The first-order valence-corrected chi connectivity index (χ1v) is 10.2. The molecule has 0 radical (unpaired) electrons. The van der Waals surface area contributed by atoms with Gasteiger partial charge in [-0.2, -0.15) is 0 Å². The molecule has 1 fully saturated rings. The van der Waals surface area contributed by atoms with Crippen LogP contribution in [0.3, 0.4) is 0 Å². The Labute approximate surface area is 168 Å². The third kappa shape index (κ3) is 4.05. The monoisotopic (exact) mass is 394 g/mol. The fourth-order valence-electron chi connectivity index (χ4n) is 3.40. The number of anilines is 2. The van der Waals surface area contributed by atoms with Crippen LogP contribution < -0.4 is 10.2 Å². The number of benzene rings is 1. The number of nitrogens with one attached hydrogen (secondary N) is 1. The molecule has 7 heteroatoms. The van der Waals surface area contributed by atoms with E-state index in [9.17, 15) is 4.79 Å². The molecule has 0 bridgehead atoms. The largest absolute Gasteiger partial charge is 0.372 e. The average Bonchev–Trinajstić information content (AvgIpc) is 3.19. The molecular formula is C21H22N4O2S. The Bertz CT molecular complexity index is 950. The summed E-state index contributed by atoms with van der Waals surface area (Å²) in [6.07, 6.45) is 2.01. The number of para-hydroxylation sites is 2. The Morgan fingerprint density at radius 3 is 2.64 bits per heavy atom. The highest BCUT2D eigenvalue weighted by Crippen LogP contribution is 2.29. The van der Waals surface area contributed by atoms with Gasteiger partial charge in [0.05, 0.1) is 29.3 Å². The molecule has 2 aromatic heterocycles. The standard InChI is InChI=1S/C21H22N4O2S/c1-14-11-25(12-15(2)27-14)19-9-4-3-7-16(19)23-20(26)18-13-28-21(24-18)17-8-5-6-10-22-17/h3-10,13-15H,11-12H2,1-2H3,(H,23,26)/t14-,15+. The number of carbonyl (C=O) groups excluding carboxylic acids is 1. The number of morpholine rings is 1. The van der Waals surface area contributed by atoms with Gasteiger partial charge in [0.25, 0.3) is 5.91 Å². The molecule has 1 saturated heterocycles. The maximum absolute atomic E-state index is 12.8. The maximum Gasteiger partial charge on any atom is 0.275 e. The molecule has 3 heterocycles. The van der Waals surface area contributed by atoms with Gasteiger partial charge in [-0.05, 0) is 38.1 Å². The van der Waals surface area contributed by atoms with E-state index in [1.807, 2.05) is 42.5 Å². The number of hydrogen-bond acceptors (Lipinski definition) is 6. The summed E-state index contributed by atoms with van der Waals surface area (Å²) in [5, 5.41) is 5.52. The molecular weight excluding hydrogens is 372 g/mol. The molecule has 1 aromatic carbocycles. The Hall–Kier alpha value is -2.77. The maximum atomic E-state index is 12.8. The summed E-state index contributed by atoms with van der Waals surface area (Å²) in [5.41, 5.74) is 2.94.